The zero-order chi connectivity index (χ0) is 10.6. The first-order valence-corrected chi connectivity index (χ1v) is 5.71. The van der Waals surface area contributed by atoms with Gasteiger partial charge in [-0.2, -0.15) is 0 Å². The molecule has 0 aromatic rings. The predicted octanol–water partition coefficient (Wildman–Crippen LogP) is 3.44. The largest absolute Gasteiger partial charge is 0.372 e. The molecule has 1 saturated heterocycles. The highest BCUT2D eigenvalue weighted by atomic mass is 15.1. The van der Waals surface area contributed by atoms with E-state index >= 15 is 0 Å². The lowest BCUT2D eigenvalue weighted by Crippen LogP contribution is -2.28. The summed E-state index contributed by atoms with van der Waals surface area (Å²) in [6.07, 6.45) is 5.92. The first kappa shape index (κ1) is 11.4. The van der Waals surface area contributed by atoms with Gasteiger partial charge in [-0.05, 0) is 30.8 Å². The Balaban J connectivity index is 2.59. The zero-order valence-electron chi connectivity index (χ0n) is 9.63. The van der Waals surface area contributed by atoms with Gasteiger partial charge in [0.1, 0.15) is 0 Å². The number of hydrogen-bond acceptors (Lipinski definition) is 1. The van der Waals surface area contributed by atoms with Gasteiger partial charge in [-0.1, -0.05) is 33.4 Å². The van der Waals surface area contributed by atoms with E-state index in [4.69, 9.17) is 0 Å². The fourth-order valence-corrected chi connectivity index (χ4v) is 2.11. The molecule has 0 saturated carbocycles. The normalized spacial score (nSPS) is 23.4. The van der Waals surface area contributed by atoms with Crippen molar-refractivity contribution < 1.29 is 0 Å². The summed E-state index contributed by atoms with van der Waals surface area (Å²) in [7, 11) is 0. The monoisotopic (exact) mass is 193 g/mol. The van der Waals surface area contributed by atoms with Gasteiger partial charge in [0.15, 0.2) is 0 Å². The maximum Gasteiger partial charge on any atom is 0.0287 e. The first-order valence-electron chi connectivity index (χ1n) is 5.71. The fourth-order valence-electron chi connectivity index (χ4n) is 2.11. The van der Waals surface area contributed by atoms with Crippen molar-refractivity contribution in [2.24, 2.45) is 11.8 Å². The van der Waals surface area contributed by atoms with E-state index in [1.165, 1.54) is 25.8 Å². The Morgan fingerprint density at radius 3 is 2.71 bits per heavy atom. The molecule has 0 aliphatic carbocycles. The maximum absolute atomic E-state index is 4.04. The van der Waals surface area contributed by atoms with Gasteiger partial charge in [-0.3, -0.25) is 0 Å². The zero-order valence-corrected chi connectivity index (χ0v) is 9.63. The highest BCUT2D eigenvalue weighted by Gasteiger charge is 2.20. The molecule has 0 aromatic carbocycles. The Morgan fingerprint density at radius 2 is 2.14 bits per heavy atom. The average molecular weight is 193 g/mol. The quantitative estimate of drug-likeness (QED) is 0.621. The molecule has 1 fully saturated rings. The van der Waals surface area contributed by atoms with Gasteiger partial charge < -0.3 is 4.90 Å². The van der Waals surface area contributed by atoms with Crippen molar-refractivity contribution in [1.29, 1.82) is 0 Å². The number of rotatable bonds is 3. The minimum absolute atomic E-state index is 0.785. The third-order valence-electron chi connectivity index (χ3n) is 3.29. The molecule has 1 atom stereocenters. The van der Waals surface area contributed by atoms with Crippen LogP contribution in [0.1, 0.15) is 33.1 Å². The molecule has 1 nitrogen and oxygen atoms in total. The SMILES string of the molecule is C=CC(=C)N1CCCCC(C(C)C)C1. The van der Waals surface area contributed by atoms with E-state index in [2.05, 4.69) is 31.9 Å². The van der Waals surface area contributed by atoms with Gasteiger partial charge in [-0.25, -0.2) is 0 Å². The van der Waals surface area contributed by atoms with Crippen molar-refractivity contribution in [3.63, 3.8) is 0 Å². The van der Waals surface area contributed by atoms with Gasteiger partial charge in [0.25, 0.3) is 0 Å². The standard InChI is InChI=1S/C13H23N/c1-5-12(4)14-9-7-6-8-13(10-14)11(2)3/h5,11,13H,1,4,6-10H2,2-3H3. The molecule has 14 heavy (non-hydrogen) atoms. The number of hydrogen-bond donors (Lipinski definition) is 0. The molecule has 0 radical (unpaired) electrons. The number of allylic oxidation sites excluding steroid dienone is 1. The summed E-state index contributed by atoms with van der Waals surface area (Å²) in [6, 6.07) is 0. The van der Waals surface area contributed by atoms with Gasteiger partial charge in [-0.15, -0.1) is 0 Å². The highest BCUT2D eigenvalue weighted by Crippen LogP contribution is 2.24. The van der Waals surface area contributed by atoms with Crippen LogP contribution in [0.25, 0.3) is 0 Å². The van der Waals surface area contributed by atoms with Crippen LogP contribution in [-0.2, 0) is 0 Å². The second kappa shape index (κ2) is 5.23. The number of nitrogens with zero attached hydrogens (tertiary/aromatic N) is 1. The third kappa shape index (κ3) is 2.90. The summed E-state index contributed by atoms with van der Waals surface area (Å²) in [5.74, 6) is 1.61. The lowest BCUT2D eigenvalue weighted by molar-refractivity contribution is 0.267. The van der Waals surface area contributed by atoms with Crippen LogP contribution >= 0.6 is 0 Å². The van der Waals surface area contributed by atoms with Crippen molar-refractivity contribution in [2.45, 2.75) is 33.1 Å². The van der Waals surface area contributed by atoms with E-state index < -0.39 is 0 Å². The third-order valence-corrected chi connectivity index (χ3v) is 3.29. The van der Waals surface area contributed by atoms with Gasteiger partial charge in [0, 0.05) is 18.8 Å². The van der Waals surface area contributed by atoms with Crippen LogP contribution in [0.5, 0.6) is 0 Å². The summed E-state index contributed by atoms with van der Waals surface area (Å²) >= 11 is 0. The average Bonchev–Trinajstić information content (AvgIpc) is 2.41. The lowest BCUT2D eigenvalue weighted by Gasteiger charge is -2.28. The molecule has 1 unspecified atom stereocenters. The maximum atomic E-state index is 4.04. The molecule has 0 bridgehead atoms. The van der Waals surface area contributed by atoms with Crippen molar-refractivity contribution in [1.82, 2.24) is 4.90 Å². The summed E-state index contributed by atoms with van der Waals surface area (Å²) in [5.41, 5.74) is 1.09. The fraction of sp³-hybridized carbons (Fsp3) is 0.692. The van der Waals surface area contributed by atoms with Gasteiger partial charge in [0.2, 0.25) is 0 Å². The van der Waals surface area contributed by atoms with Crippen LogP contribution in [0.3, 0.4) is 0 Å². The minimum Gasteiger partial charge on any atom is -0.372 e. The molecule has 0 spiro atoms. The first-order chi connectivity index (χ1) is 6.65. The van der Waals surface area contributed by atoms with Gasteiger partial charge >= 0.3 is 0 Å². The molecule has 0 N–H and O–H groups in total. The van der Waals surface area contributed by atoms with Gasteiger partial charge in [0.05, 0.1) is 0 Å². The smallest absolute Gasteiger partial charge is 0.0287 e. The molecule has 1 aliphatic rings. The van der Waals surface area contributed by atoms with Crippen molar-refractivity contribution in [3.05, 3.63) is 24.9 Å². The van der Waals surface area contributed by atoms with Crippen LogP contribution in [0.2, 0.25) is 0 Å². The van der Waals surface area contributed by atoms with Crippen molar-refractivity contribution >= 4 is 0 Å². The van der Waals surface area contributed by atoms with Crippen molar-refractivity contribution in [3.8, 4) is 0 Å². The molecular weight excluding hydrogens is 170 g/mol. The summed E-state index contributed by atoms with van der Waals surface area (Å²) in [5, 5.41) is 0. The Hall–Kier alpha value is -0.720. The molecule has 0 amide bonds. The van der Waals surface area contributed by atoms with Crippen LogP contribution in [0.15, 0.2) is 24.9 Å². The molecule has 1 rings (SSSR count). The van der Waals surface area contributed by atoms with Crippen LogP contribution < -0.4 is 0 Å². The van der Waals surface area contributed by atoms with E-state index in [-0.39, 0.29) is 0 Å². The van der Waals surface area contributed by atoms with E-state index in [1.54, 1.807) is 0 Å². The molecule has 1 heterocycles. The Morgan fingerprint density at radius 1 is 1.43 bits per heavy atom. The van der Waals surface area contributed by atoms with Crippen LogP contribution in [-0.4, -0.2) is 18.0 Å². The Kier molecular flexibility index (Phi) is 4.24. The molecule has 1 aliphatic heterocycles. The summed E-state index contributed by atoms with van der Waals surface area (Å²) in [6.45, 7) is 14.8. The topological polar surface area (TPSA) is 3.24 Å². The second-order valence-electron chi connectivity index (χ2n) is 4.64. The van der Waals surface area contributed by atoms with Crippen molar-refractivity contribution in [2.75, 3.05) is 13.1 Å². The highest BCUT2D eigenvalue weighted by molar-refractivity contribution is 5.10. The molecule has 1 heteroatoms. The number of likely N-dealkylation sites (tertiary alicyclic amines) is 1. The van der Waals surface area contributed by atoms with E-state index in [9.17, 15) is 0 Å². The molecular formula is C13H23N. The lowest BCUT2D eigenvalue weighted by atomic mass is 9.91. The minimum atomic E-state index is 0.785. The van der Waals surface area contributed by atoms with E-state index in [0.29, 0.717) is 0 Å². The predicted molar refractivity (Wildman–Crippen MR) is 63.1 cm³/mol. The summed E-state index contributed by atoms with van der Waals surface area (Å²) < 4.78 is 0. The Bertz CT molecular complexity index is 205. The van der Waals surface area contributed by atoms with E-state index in [0.717, 1.165) is 24.1 Å². The van der Waals surface area contributed by atoms with E-state index in [1.807, 2.05) is 6.08 Å². The van der Waals surface area contributed by atoms with Crippen LogP contribution in [0, 0.1) is 11.8 Å². The Labute approximate surface area is 88.5 Å². The second-order valence-corrected chi connectivity index (χ2v) is 4.64. The molecule has 80 valence electrons. The molecule has 0 aromatic heterocycles. The summed E-state index contributed by atoms with van der Waals surface area (Å²) in [4.78, 5) is 2.39. The van der Waals surface area contributed by atoms with Crippen LogP contribution in [0.4, 0.5) is 0 Å².